The van der Waals surface area contributed by atoms with Gasteiger partial charge >= 0.3 is 0 Å². The van der Waals surface area contributed by atoms with E-state index in [1.54, 1.807) is 6.07 Å². The lowest BCUT2D eigenvalue weighted by atomic mass is 9.85. The monoisotopic (exact) mass is 195 g/mol. The summed E-state index contributed by atoms with van der Waals surface area (Å²) in [7, 11) is 0. The van der Waals surface area contributed by atoms with Gasteiger partial charge in [-0.25, -0.2) is 0 Å². The molecular weight excluding hydrogens is 182 g/mol. The fourth-order valence-electron chi connectivity index (χ4n) is 1.88. The van der Waals surface area contributed by atoms with E-state index in [4.69, 9.17) is 5.73 Å². The van der Waals surface area contributed by atoms with Gasteiger partial charge in [-0.1, -0.05) is 6.07 Å². The molecule has 1 aromatic rings. The first-order chi connectivity index (χ1) is 6.61. The summed E-state index contributed by atoms with van der Waals surface area (Å²) in [4.78, 5) is 0. The molecule has 0 bridgehead atoms. The van der Waals surface area contributed by atoms with E-state index in [-0.39, 0.29) is 17.5 Å². The number of benzene rings is 1. The van der Waals surface area contributed by atoms with Crippen molar-refractivity contribution in [3.8, 4) is 11.5 Å². The molecule has 0 unspecified atom stereocenters. The number of phenols is 2. The first-order valence-corrected chi connectivity index (χ1v) is 4.58. The Morgan fingerprint density at radius 2 is 2.00 bits per heavy atom. The minimum atomic E-state index is -0.745. The topological polar surface area (TPSA) is 86.7 Å². The van der Waals surface area contributed by atoms with Crippen LogP contribution in [0.2, 0.25) is 0 Å². The minimum Gasteiger partial charge on any atom is -0.504 e. The van der Waals surface area contributed by atoms with Crippen LogP contribution in [0.15, 0.2) is 12.1 Å². The van der Waals surface area contributed by atoms with Crippen LogP contribution in [0.4, 0.5) is 0 Å². The van der Waals surface area contributed by atoms with Gasteiger partial charge in [0.2, 0.25) is 0 Å². The van der Waals surface area contributed by atoms with Crippen LogP contribution in [0.25, 0.3) is 0 Å². The van der Waals surface area contributed by atoms with Gasteiger partial charge in [0.25, 0.3) is 0 Å². The molecule has 14 heavy (non-hydrogen) atoms. The highest BCUT2D eigenvalue weighted by Gasteiger charge is 2.27. The van der Waals surface area contributed by atoms with Crippen molar-refractivity contribution in [3.63, 3.8) is 0 Å². The van der Waals surface area contributed by atoms with Gasteiger partial charge in [0, 0.05) is 11.6 Å². The molecule has 1 aromatic carbocycles. The summed E-state index contributed by atoms with van der Waals surface area (Å²) in [5.41, 5.74) is 6.92. The number of phenolic OH excluding ortho intramolecular Hbond substituents is 2. The van der Waals surface area contributed by atoms with E-state index in [0.717, 1.165) is 0 Å². The fourth-order valence-corrected chi connectivity index (χ4v) is 1.88. The molecule has 5 N–H and O–H groups in total. The third-order valence-corrected chi connectivity index (χ3v) is 2.75. The highest BCUT2D eigenvalue weighted by molar-refractivity contribution is 5.51. The van der Waals surface area contributed by atoms with Crippen LogP contribution in [0.5, 0.6) is 11.5 Å². The Kier molecular flexibility index (Phi) is 2.09. The second kappa shape index (κ2) is 3.15. The third-order valence-electron chi connectivity index (χ3n) is 2.75. The number of aromatic hydroxyl groups is 2. The van der Waals surface area contributed by atoms with Gasteiger partial charge in [-0.05, 0) is 24.5 Å². The van der Waals surface area contributed by atoms with E-state index < -0.39 is 6.10 Å². The summed E-state index contributed by atoms with van der Waals surface area (Å²) in [6.07, 6.45) is 0.462. The van der Waals surface area contributed by atoms with Crippen molar-refractivity contribution < 1.29 is 15.3 Å². The van der Waals surface area contributed by atoms with E-state index in [1.807, 2.05) is 0 Å². The number of hydrogen-bond donors (Lipinski definition) is 4. The number of aliphatic hydroxyl groups is 1. The number of fused-ring (bicyclic) bond motifs is 1. The van der Waals surface area contributed by atoms with Crippen molar-refractivity contribution in [2.24, 2.45) is 5.73 Å². The first kappa shape index (κ1) is 9.30. The molecule has 0 spiro atoms. The smallest absolute Gasteiger partial charge is 0.161 e. The quantitative estimate of drug-likeness (QED) is 0.451. The number of aliphatic hydroxyl groups excluding tert-OH is 1. The molecule has 0 heterocycles. The number of hydrogen-bond acceptors (Lipinski definition) is 4. The molecule has 2 rings (SSSR count). The maximum Gasteiger partial charge on any atom is 0.161 e. The molecule has 0 aromatic heterocycles. The van der Waals surface area contributed by atoms with Crippen molar-refractivity contribution >= 4 is 0 Å². The molecule has 4 nitrogen and oxygen atoms in total. The van der Waals surface area contributed by atoms with E-state index >= 15 is 0 Å². The fraction of sp³-hybridized carbons (Fsp3) is 0.400. The second-order valence-corrected chi connectivity index (χ2v) is 3.65. The molecular formula is C10H13NO3. The zero-order chi connectivity index (χ0) is 10.3. The van der Waals surface area contributed by atoms with Gasteiger partial charge in [0.15, 0.2) is 11.5 Å². The summed E-state index contributed by atoms with van der Waals surface area (Å²) >= 11 is 0. The van der Waals surface area contributed by atoms with Crippen LogP contribution in [0.1, 0.15) is 23.7 Å². The standard InChI is InChI=1S/C10H13NO3/c11-7-3-1-6-5(9(7)13)2-4-8(12)10(6)14/h2,4,7,9,12-14H,1,3,11H2/t7-,9+/m0/s1. The summed E-state index contributed by atoms with van der Waals surface area (Å²) in [6, 6.07) is 2.69. The van der Waals surface area contributed by atoms with E-state index in [0.29, 0.717) is 24.0 Å². The van der Waals surface area contributed by atoms with Crippen molar-refractivity contribution in [2.45, 2.75) is 25.0 Å². The summed E-state index contributed by atoms with van der Waals surface area (Å²) in [5, 5.41) is 28.5. The van der Waals surface area contributed by atoms with E-state index in [9.17, 15) is 15.3 Å². The van der Waals surface area contributed by atoms with E-state index in [2.05, 4.69) is 0 Å². The molecule has 0 saturated heterocycles. The van der Waals surface area contributed by atoms with Crippen molar-refractivity contribution in [3.05, 3.63) is 23.3 Å². The zero-order valence-corrected chi connectivity index (χ0v) is 7.64. The van der Waals surface area contributed by atoms with Crippen molar-refractivity contribution in [2.75, 3.05) is 0 Å². The zero-order valence-electron chi connectivity index (χ0n) is 7.64. The first-order valence-electron chi connectivity index (χ1n) is 4.58. The van der Waals surface area contributed by atoms with Gasteiger partial charge < -0.3 is 21.1 Å². The van der Waals surface area contributed by atoms with Crippen molar-refractivity contribution in [1.82, 2.24) is 0 Å². The molecule has 0 fully saturated rings. The average Bonchev–Trinajstić information content (AvgIpc) is 2.17. The van der Waals surface area contributed by atoms with E-state index in [1.165, 1.54) is 6.07 Å². The molecule has 4 heteroatoms. The summed E-state index contributed by atoms with van der Waals surface area (Å²) < 4.78 is 0. The molecule has 1 aliphatic rings. The van der Waals surface area contributed by atoms with Crippen LogP contribution in [-0.2, 0) is 6.42 Å². The Morgan fingerprint density at radius 1 is 1.29 bits per heavy atom. The van der Waals surface area contributed by atoms with Crippen molar-refractivity contribution in [1.29, 1.82) is 0 Å². The van der Waals surface area contributed by atoms with Crippen LogP contribution in [0, 0.1) is 0 Å². The second-order valence-electron chi connectivity index (χ2n) is 3.65. The Bertz CT molecular complexity index is 365. The summed E-state index contributed by atoms with van der Waals surface area (Å²) in [6.45, 7) is 0. The third kappa shape index (κ3) is 1.23. The van der Waals surface area contributed by atoms with Gasteiger partial charge in [0.05, 0.1) is 6.10 Å². The van der Waals surface area contributed by atoms with Crippen LogP contribution in [0.3, 0.4) is 0 Å². The molecule has 76 valence electrons. The maximum atomic E-state index is 9.73. The molecule has 1 aliphatic carbocycles. The number of nitrogens with two attached hydrogens (primary N) is 1. The van der Waals surface area contributed by atoms with Gasteiger partial charge in [-0.2, -0.15) is 0 Å². The normalized spacial score (nSPS) is 25.9. The van der Waals surface area contributed by atoms with Gasteiger partial charge in [0.1, 0.15) is 0 Å². The molecule has 0 saturated carbocycles. The predicted molar refractivity (Wildman–Crippen MR) is 51.0 cm³/mol. The number of rotatable bonds is 0. The lowest BCUT2D eigenvalue weighted by Gasteiger charge is -2.27. The molecule has 2 atom stereocenters. The lowest BCUT2D eigenvalue weighted by molar-refractivity contribution is 0.133. The molecule has 0 radical (unpaired) electrons. The summed E-state index contributed by atoms with van der Waals surface area (Å²) in [5.74, 6) is -0.278. The minimum absolute atomic E-state index is 0.131. The highest BCUT2D eigenvalue weighted by atomic mass is 16.3. The SMILES string of the molecule is N[C@H]1CCc2c(ccc(O)c2O)[C@H]1O. The highest BCUT2D eigenvalue weighted by Crippen LogP contribution is 2.39. The Balaban J connectivity index is 2.53. The largest absolute Gasteiger partial charge is 0.504 e. The van der Waals surface area contributed by atoms with Crippen LogP contribution < -0.4 is 5.73 Å². The average molecular weight is 195 g/mol. The van der Waals surface area contributed by atoms with Crippen LogP contribution >= 0.6 is 0 Å². The Hall–Kier alpha value is -1.26. The predicted octanol–water partition coefficient (Wildman–Crippen LogP) is 0.405. The molecule has 0 aliphatic heterocycles. The van der Waals surface area contributed by atoms with Gasteiger partial charge in [-0.3, -0.25) is 0 Å². The lowest BCUT2D eigenvalue weighted by Crippen LogP contribution is -2.32. The van der Waals surface area contributed by atoms with Gasteiger partial charge in [-0.15, -0.1) is 0 Å². The Morgan fingerprint density at radius 3 is 2.71 bits per heavy atom. The Labute approximate surface area is 81.6 Å². The van der Waals surface area contributed by atoms with Crippen LogP contribution in [-0.4, -0.2) is 21.4 Å². The maximum absolute atomic E-state index is 9.73. The molecule has 0 amide bonds.